The van der Waals surface area contributed by atoms with Crippen LogP contribution in [0.4, 0.5) is 11.6 Å². The molecule has 9 nitrogen and oxygen atoms in total. The minimum absolute atomic E-state index is 0.0144. The second-order valence-corrected chi connectivity index (χ2v) is 6.97. The number of nitrogens with one attached hydrogen (secondary N) is 2. The first-order chi connectivity index (χ1) is 13.6. The van der Waals surface area contributed by atoms with Crippen molar-refractivity contribution in [2.75, 3.05) is 17.7 Å². The third-order valence-corrected chi connectivity index (χ3v) is 4.79. The highest BCUT2D eigenvalue weighted by molar-refractivity contribution is 6.01. The van der Waals surface area contributed by atoms with Gasteiger partial charge in [0, 0.05) is 36.3 Å². The Hall–Kier alpha value is -3.62. The normalized spacial score (nSPS) is 13.8. The van der Waals surface area contributed by atoms with Crippen molar-refractivity contribution in [1.29, 1.82) is 0 Å². The van der Waals surface area contributed by atoms with Gasteiger partial charge in [-0.25, -0.2) is 14.5 Å². The van der Waals surface area contributed by atoms with Crippen molar-refractivity contribution >= 4 is 34.1 Å². The Balaban J connectivity index is 1.66. The molecule has 28 heavy (non-hydrogen) atoms. The van der Waals surface area contributed by atoms with E-state index in [4.69, 9.17) is 0 Å². The maximum Gasteiger partial charge on any atom is 0.228 e. The van der Waals surface area contributed by atoms with E-state index in [1.165, 1.54) is 0 Å². The molecule has 140 valence electrons. The first-order valence-electron chi connectivity index (χ1n) is 9.11. The summed E-state index contributed by atoms with van der Waals surface area (Å²) < 4.78 is 1.74. The summed E-state index contributed by atoms with van der Waals surface area (Å²) >= 11 is 0. The molecule has 1 aliphatic carbocycles. The summed E-state index contributed by atoms with van der Waals surface area (Å²) in [5.74, 6) is 1.63. The number of fused-ring (bicyclic) bond motifs is 2. The Bertz CT molecular complexity index is 1230. The average molecular weight is 374 g/mol. The van der Waals surface area contributed by atoms with Crippen LogP contribution in [0.2, 0.25) is 0 Å². The molecule has 2 N–H and O–H groups in total. The lowest BCUT2D eigenvalue weighted by molar-refractivity contribution is -0.117. The summed E-state index contributed by atoms with van der Waals surface area (Å²) in [6, 6.07) is 5.72. The zero-order valence-electron chi connectivity index (χ0n) is 15.5. The van der Waals surface area contributed by atoms with E-state index < -0.39 is 0 Å². The molecule has 4 aromatic rings. The van der Waals surface area contributed by atoms with E-state index >= 15 is 0 Å². The lowest BCUT2D eigenvalue weighted by Crippen LogP contribution is -2.15. The first kappa shape index (κ1) is 16.5. The summed E-state index contributed by atoms with van der Waals surface area (Å²) in [7, 11) is 1.78. The SMILES string of the molecule is CNc1ncc(-c2nc3ccc(C)cn3n2)c2cc(NC(=O)C3CC3)nnc12. The smallest absolute Gasteiger partial charge is 0.228 e. The van der Waals surface area contributed by atoms with Crippen molar-refractivity contribution in [2.45, 2.75) is 19.8 Å². The molecule has 0 unspecified atom stereocenters. The number of amides is 1. The zero-order valence-corrected chi connectivity index (χ0v) is 15.5. The third-order valence-electron chi connectivity index (χ3n) is 4.79. The minimum Gasteiger partial charge on any atom is -0.371 e. The number of rotatable bonds is 4. The lowest BCUT2D eigenvalue weighted by Gasteiger charge is -2.09. The number of aryl methyl sites for hydroxylation is 1. The van der Waals surface area contributed by atoms with Crippen LogP contribution in [0, 0.1) is 12.8 Å². The van der Waals surface area contributed by atoms with Crippen LogP contribution in [0.1, 0.15) is 18.4 Å². The van der Waals surface area contributed by atoms with Gasteiger partial charge in [0.2, 0.25) is 5.91 Å². The van der Waals surface area contributed by atoms with Gasteiger partial charge in [0.15, 0.2) is 23.1 Å². The molecule has 0 saturated heterocycles. The number of aromatic nitrogens is 6. The maximum absolute atomic E-state index is 12.1. The second kappa shape index (κ2) is 6.22. The van der Waals surface area contributed by atoms with Crippen molar-refractivity contribution in [3.63, 3.8) is 0 Å². The summed E-state index contributed by atoms with van der Waals surface area (Å²) in [5, 5.41) is 19.7. The molecule has 0 atom stereocenters. The molecule has 4 aromatic heterocycles. The largest absolute Gasteiger partial charge is 0.371 e. The van der Waals surface area contributed by atoms with Crippen molar-refractivity contribution in [1.82, 2.24) is 29.8 Å². The quantitative estimate of drug-likeness (QED) is 0.564. The topological polar surface area (TPSA) is 110 Å². The van der Waals surface area contributed by atoms with Crippen molar-refractivity contribution in [3.8, 4) is 11.4 Å². The molecule has 0 aliphatic heterocycles. The van der Waals surface area contributed by atoms with Gasteiger partial charge in [-0.15, -0.1) is 15.3 Å². The van der Waals surface area contributed by atoms with E-state index in [9.17, 15) is 4.79 Å². The minimum atomic E-state index is -0.0144. The van der Waals surface area contributed by atoms with Gasteiger partial charge in [-0.05, 0) is 37.5 Å². The molecule has 0 bridgehead atoms. The Morgan fingerprint density at radius 1 is 1.25 bits per heavy atom. The van der Waals surface area contributed by atoms with Crippen molar-refractivity contribution in [3.05, 3.63) is 36.2 Å². The Morgan fingerprint density at radius 3 is 2.89 bits per heavy atom. The van der Waals surface area contributed by atoms with Crippen LogP contribution in [0.25, 0.3) is 27.9 Å². The standard InChI is InChI=1S/C19H18N8O/c1-10-3-6-15-23-17(26-27(15)9-10)13-8-21-18(20-2)16-12(13)7-14(24-25-16)22-19(28)11-4-5-11/h3,6-9,11H,4-5H2,1-2H3,(H,20,21)(H,22,24,28). The molecule has 0 radical (unpaired) electrons. The van der Waals surface area contributed by atoms with E-state index in [0.717, 1.165) is 35.0 Å². The van der Waals surface area contributed by atoms with E-state index in [-0.39, 0.29) is 11.8 Å². The molecule has 0 aromatic carbocycles. The van der Waals surface area contributed by atoms with Gasteiger partial charge in [-0.1, -0.05) is 6.07 Å². The van der Waals surface area contributed by atoms with Gasteiger partial charge in [0.1, 0.15) is 5.52 Å². The molecule has 4 heterocycles. The van der Waals surface area contributed by atoms with E-state index in [1.54, 1.807) is 23.8 Å². The maximum atomic E-state index is 12.1. The first-order valence-corrected chi connectivity index (χ1v) is 9.11. The molecular weight excluding hydrogens is 356 g/mol. The molecule has 1 fully saturated rings. The molecule has 9 heteroatoms. The molecule has 1 amide bonds. The number of nitrogens with zero attached hydrogens (tertiary/aromatic N) is 6. The number of pyridine rings is 2. The van der Waals surface area contributed by atoms with Crippen LogP contribution in [-0.2, 0) is 4.79 Å². The van der Waals surface area contributed by atoms with Crippen molar-refractivity contribution in [2.24, 2.45) is 5.92 Å². The fourth-order valence-corrected chi connectivity index (χ4v) is 3.13. The van der Waals surface area contributed by atoms with Crippen molar-refractivity contribution < 1.29 is 4.79 Å². The molecular formula is C19H18N8O. The van der Waals surface area contributed by atoms with E-state index in [1.807, 2.05) is 25.3 Å². The zero-order chi connectivity index (χ0) is 19.3. The predicted molar refractivity (Wildman–Crippen MR) is 105 cm³/mol. The van der Waals surface area contributed by atoms with Gasteiger partial charge in [-0.3, -0.25) is 4.79 Å². The lowest BCUT2D eigenvalue weighted by atomic mass is 10.1. The molecule has 5 rings (SSSR count). The average Bonchev–Trinajstić information content (AvgIpc) is 3.47. The van der Waals surface area contributed by atoms with Crippen LogP contribution in [0.5, 0.6) is 0 Å². The number of anilines is 2. The Morgan fingerprint density at radius 2 is 2.11 bits per heavy atom. The second-order valence-electron chi connectivity index (χ2n) is 6.97. The fraction of sp³-hybridized carbons (Fsp3) is 0.263. The Labute approximate surface area is 160 Å². The monoisotopic (exact) mass is 374 g/mol. The Kier molecular flexibility index (Phi) is 3.68. The van der Waals surface area contributed by atoms with Gasteiger partial charge in [0.05, 0.1) is 0 Å². The third kappa shape index (κ3) is 2.81. The summed E-state index contributed by atoms with van der Waals surface area (Å²) in [4.78, 5) is 21.1. The number of hydrogen-bond acceptors (Lipinski definition) is 7. The fourth-order valence-electron chi connectivity index (χ4n) is 3.13. The van der Waals surface area contributed by atoms with Crippen LogP contribution < -0.4 is 10.6 Å². The molecule has 1 aliphatic rings. The van der Waals surface area contributed by atoms with Gasteiger partial charge < -0.3 is 10.6 Å². The van der Waals surface area contributed by atoms with Crippen LogP contribution in [0.15, 0.2) is 30.6 Å². The van der Waals surface area contributed by atoms with Crippen LogP contribution >= 0.6 is 0 Å². The predicted octanol–water partition coefficient (Wildman–Crippen LogP) is 2.43. The highest BCUT2D eigenvalue weighted by Crippen LogP contribution is 2.32. The number of carbonyl (C=O) groups is 1. The van der Waals surface area contributed by atoms with Gasteiger partial charge in [0.25, 0.3) is 0 Å². The highest BCUT2D eigenvalue weighted by Gasteiger charge is 2.30. The van der Waals surface area contributed by atoms with Gasteiger partial charge >= 0.3 is 0 Å². The highest BCUT2D eigenvalue weighted by atomic mass is 16.2. The molecule has 1 saturated carbocycles. The molecule has 0 spiro atoms. The van der Waals surface area contributed by atoms with E-state index in [2.05, 4.69) is 35.9 Å². The van der Waals surface area contributed by atoms with E-state index in [0.29, 0.717) is 23.0 Å². The summed E-state index contributed by atoms with van der Waals surface area (Å²) in [6.07, 6.45) is 5.49. The number of hydrogen-bond donors (Lipinski definition) is 2. The van der Waals surface area contributed by atoms with Crippen LogP contribution in [-0.4, -0.2) is 42.7 Å². The van der Waals surface area contributed by atoms with Gasteiger partial charge in [-0.2, -0.15) is 0 Å². The number of carbonyl (C=O) groups excluding carboxylic acids is 1. The summed E-state index contributed by atoms with van der Waals surface area (Å²) in [5.41, 5.74) is 3.16. The summed E-state index contributed by atoms with van der Waals surface area (Å²) in [6.45, 7) is 2.00. The van der Waals surface area contributed by atoms with Crippen LogP contribution in [0.3, 0.4) is 0 Å².